The van der Waals surface area contributed by atoms with Crippen molar-refractivity contribution in [2.24, 2.45) is 0 Å². The summed E-state index contributed by atoms with van der Waals surface area (Å²) in [6, 6.07) is 10.4. The third-order valence-corrected chi connectivity index (χ3v) is 6.85. The highest BCUT2D eigenvalue weighted by Gasteiger charge is 2.26. The first-order valence-electron chi connectivity index (χ1n) is 11.0. The van der Waals surface area contributed by atoms with Crippen LogP contribution in [0.5, 0.6) is 0 Å². The van der Waals surface area contributed by atoms with Gasteiger partial charge in [0, 0.05) is 41.5 Å². The van der Waals surface area contributed by atoms with Gasteiger partial charge in [-0.1, -0.05) is 19.1 Å². The number of fused-ring (bicyclic) bond motifs is 1. The molecular weight excluding hydrogens is 490 g/mol. The lowest BCUT2D eigenvalue weighted by Gasteiger charge is -2.11. The minimum Gasteiger partial charge on any atom is -0.345 e. The predicted octanol–water partition coefficient (Wildman–Crippen LogP) is 4.85. The zero-order valence-corrected chi connectivity index (χ0v) is 20.2. The Hall–Kier alpha value is -4.12. The van der Waals surface area contributed by atoms with Crippen LogP contribution in [0.15, 0.2) is 54.9 Å². The normalized spacial score (nSPS) is 11.4. The van der Waals surface area contributed by atoms with Gasteiger partial charge in [-0.15, -0.1) is 0 Å². The van der Waals surface area contributed by atoms with Crippen molar-refractivity contribution in [2.45, 2.75) is 20.3 Å². The van der Waals surface area contributed by atoms with E-state index in [2.05, 4.69) is 20.0 Å². The van der Waals surface area contributed by atoms with Gasteiger partial charge in [-0.05, 0) is 42.3 Å². The Morgan fingerprint density at radius 2 is 1.78 bits per heavy atom. The van der Waals surface area contributed by atoms with Crippen LogP contribution in [0.3, 0.4) is 0 Å². The number of nitrogens with one attached hydrogen (secondary N) is 3. The number of carbonyl (C=O) groups excluding carboxylic acids is 2. The number of aromatic nitrogens is 2. The van der Waals surface area contributed by atoms with Gasteiger partial charge in [0.05, 0.1) is 17.0 Å². The molecule has 0 saturated heterocycles. The number of hydrogen-bond donors (Lipinski definition) is 3. The van der Waals surface area contributed by atoms with Crippen molar-refractivity contribution < 1.29 is 26.8 Å². The van der Waals surface area contributed by atoms with Crippen LogP contribution in [0.1, 0.15) is 36.2 Å². The molecule has 0 aliphatic carbocycles. The number of carbonyl (C=O) groups is 2. The van der Waals surface area contributed by atoms with Gasteiger partial charge in [-0.25, -0.2) is 22.2 Å². The molecule has 0 bridgehead atoms. The van der Waals surface area contributed by atoms with Crippen LogP contribution in [0.2, 0.25) is 0 Å². The Kier molecular flexibility index (Phi) is 6.84. The maximum Gasteiger partial charge on any atom is 0.232 e. The van der Waals surface area contributed by atoms with Crippen molar-refractivity contribution in [3.05, 3.63) is 77.6 Å². The molecule has 0 spiro atoms. The lowest BCUT2D eigenvalue weighted by molar-refractivity contribution is -0.114. The van der Waals surface area contributed by atoms with E-state index in [9.17, 15) is 22.4 Å². The summed E-state index contributed by atoms with van der Waals surface area (Å²) in [6.07, 6.45) is 3.17. The number of halogens is 2. The van der Waals surface area contributed by atoms with Gasteiger partial charge in [-0.3, -0.25) is 14.3 Å². The Balaban J connectivity index is 1.73. The van der Waals surface area contributed by atoms with Gasteiger partial charge in [0.25, 0.3) is 0 Å². The molecule has 2 heterocycles. The summed E-state index contributed by atoms with van der Waals surface area (Å²) in [5.41, 5.74) is 0.899. The van der Waals surface area contributed by atoms with Gasteiger partial charge in [0.15, 0.2) is 5.82 Å². The van der Waals surface area contributed by atoms with E-state index in [1.165, 1.54) is 13.1 Å². The van der Waals surface area contributed by atoms with Crippen LogP contribution in [-0.2, 0) is 14.8 Å². The van der Waals surface area contributed by atoms with Gasteiger partial charge < -0.3 is 10.3 Å². The molecule has 2 aromatic heterocycles. The number of rotatable bonds is 8. The summed E-state index contributed by atoms with van der Waals surface area (Å²) in [6.45, 7) is 3.05. The number of anilines is 2. The molecule has 36 heavy (non-hydrogen) atoms. The number of hydrogen-bond acceptors (Lipinski definition) is 5. The van der Waals surface area contributed by atoms with E-state index in [4.69, 9.17) is 0 Å². The maximum atomic E-state index is 15.2. The lowest BCUT2D eigenvalue weighted by atomic mass is 9.99. The smallest absolute Gasteiger partial charge is 0.232 e. The molecular formula is C25H22F2N4O4S. The molecule has 11 heteroatoms. The zero-order chi connectivity index (χ0) is 26.0. The Morgan fingerprint density at radius 3 is 2.44 bits per heavy atom. The maximum absolute atomic E-state index is 15.2. The van der Waals surface area contributed by atoms with E-state index in [1.54, 1.807) is 43.5 Å². The van der Waals surface area contributed by atoms with E-state index in [1.807, 2.05) is 0 Å². The quantitative estimate of drug-likeness (QED) is 0.292. The highest BCUT2D eigenvalue weighted by molar-refractivity contribution is 7.92. The van der Waals surface area contributed by atoms with Gasteiger partial charge >= 0.3 is 0 Å². The molecule has 1 amide bonds. The fourth-order valence-electron chi connectivity index (χ4n) is 3.76. The van der Waals surface area contributed by atoms with Crippen molar-refractivity contribution in [3.63, 3.8) is 0 Å². The van der Waals surface area contributed by atoms with E-state index < -0.39 is 38.7 Å². The second-order valence-corrected chi connectivity index (χ2v) is 9.96. The Morgan fingerprint density at radius 1 is 1.06 bits per heavy atom. The second-order valence-electron chi connectivity index (χ2n) is 8.12. The number of ketones is 1. The van der Waals surface area contributed by atoms with Gasteiger partial charge in [-0.2, -0.15) is 0 Å². The van der Waals surface area contributed by atoms with Crippen LogP contribution in [0.4, 0.5) is 20.2 Å². The number of sulfonamides is 1. The largest absolute Gasteiger partial charge is 0.345 e. The van der Waals surface area contributed by atoms with Crippen LogP contribution in [0, 0.1) is 11.6 Å². The highest BCUT2D eigenvalue weighted by Crippen LogP contribution is 2.30. The Bertz CT molecular complexity index is 1580. The molecule has 2 aromatic carbocycles. The molecule has 0 saturated carbocycles. The summed E-state index contributed by atoms with van der Waals surface area (Å²) >= 11 is 0. The standard InChI is InChI=1S/C25H22F2N4O4S/c1-3-10-36(34,35)31-21-9-8-20(26)22(23(21)27)24(33)19-13-29-25-18(19)11-16(12-28-25)15-4-6-17(7-5-15)30-14(2)32/h4-9,11-13,31H,3,10H2,1-2H3,(H,28,29)(H,30,32). The van der Waals surface area contributed by atoms with Crippen molar-refractivity contribution in [3.8, 4) is 11.1 Å². The molecule has 0 radical (unpaired) electrons. The number of nitrogens with zero attached hydrogens (tertiary/aromatic N) is 1. The topological polar surface area (TPSA) is 121 Å². The first-order chi connectivity index (χ1) is 17.1. The molecule has 0 unspecified atom stereocenters. The van der Waals surface area contributed by atoms with Crippen molar-refractivity contribution in [1.82, 2.24) is 9.97 Å². The van der Waals surface area contributed by atoms with Crippen LogP contribution >= 0.6 is 0 Å². The lowest BCUT2D eigenvalue weighted by Crippen LogP contribution is -2.18. The monoisotopic (exact) mass is 512 g/mol. The van der Waals surface area contributed by atoms with Crippen LogP contribution in [-0.4, -0.2) is 35.8 Å². The summed E-state index contributed by atoms with van der Waals surface area (Å²) in [5, 5.41) is 3.00. The third-order valence-electron chi connectivity index (χ3n) is 5.37. The minimum atomic E-state index is -3.86. The van der Waals surface area contributed by atoms with Crippen molar-refractivity contribution in [1.29, 1.82) is 0 Å². The number of aromatic amines is 1. The first kappa shape index (κ1) is 25.0. The third kappa shape index (κ3) is 5.10. The minimum absolute atomic E-state index is 0.0272. The highest BCUT2D eigenvalue weighted by atomic mass is 32.2. The molecule has 8 nitrogen and oxygen atoms in total. The van der Waals surface area contributed by atoms with Crippen LogP contribution < -0.4 is 10.0 Å². The zero-order valence-electron chi connectivity index (χ0n) is 19.4. The number of benzene rings is 2. The van der Waals surface area contributed by atoms with E-state index >= 15 is 4.39 Å². The summed E-state index contributed by atoms with van der Waals surface area (Å²) in [5.74, 6) is -3.85. The molecule has 186 valence electrons. The van der Waals surface area contributed by atoms with Gasteiger partial charge in [0.1, 0.15) is 11.5 Å². The molecule has 3 N–H and O–H groups in total. The average Bonchev–Trinajstić information content (AvgIpc) is 3.24. The predicted molar refractivity (Wildman–Crippen MR) is 133 cm³/mol. The van der Waals surface area contributed by atoms with Crippen molar-refractivity contribution in [2.75, 3.05) is 15.8 Å². The first-order valence-corrected chi connectivity index (χ1v) is 12.6. The number of amides is 1. The Labute approximate surface area is 205 Å². The molecule has 4 rings (SSSR count). The average molecular weight is 513 g/mol. The summed E-state index contributed by atoms with van der Waals surface area (Å²) in [4.78, 5) is 31.6. The van der Waals surface area contributed by atoms with E-state index in [0.29, 0.717) is 28.7 Å². The fourth-order valence-corrected chi connectivity index (χ4v) is 4.89. The van der Waals surface area contributed by atoms with E-state index in [-0.39, 0.29) is 17.2 Å². The SMILES string of the molecule is CCCS(=O)(=O)Nc1ccc(F)c(C(=O)c2c[nH]c3ncc(-c4ccc(NC(C)=O)cc4)cc23)c1F. The fraction of sp³-hybridized carbons (Fsp3) is 0.160. The molecule has 0 fully saturated rings. The number of H-pyrrole nitrogens is 1. The molecule has 0 atom stereocenters. The van der Waals surface area contributed by atoms with E-state index in [0.717, 1.165) is 17.7 Å². The molecule has 0 aliphatic rings. The second kappa shape index (κ2) is 9.86. The van der Waals surface area contributed by atoms with Crippen molar-refractivity contribution >= 4 is 44.1 Å². The number of pyridine rings is 1. The molecule has 4 aromatic rings. The van der Waals surface area contributed by atoms with Gasteiger partial charge in [0.2, 0.25) is 21.7 Å². The summed E-state index contributed by atoms with van der Waals surface area (Å²) < 4.78 is 56.0. The van der Waals surface area contributed by atoms with Crippen LogP contribution in [0.25, 0.3) is 22.2 Å². The molecule has 0 aliphatic heterocycles. The summed E-state index contributed by atoms with van der Waals surface area (Å²) in [7, 11) is -3.86.